The van der Waals surface area contributed by atoms with Crippen LogP contribution in [0.15, 0.2) is 24.4 Å². The molecule has 2 saturated carbocycles. The Kier molecular flexibility index (Phi) is 7.58. The van der Waals surface area contributed by atoms with E-state index in [9.17, 15) is 26.4 Å². The first-order valence-electron chi connectivity index (χ1n) is 13.1. The van der Waals surface area contributed by atoms with Crippen LogP contribution in [0.4, 0.5) is 17.6 Å². The number of piperidine rings is 1. The summed E-state index contributed by atoms with van der Waals surface area (Å²) < 4.78 is 87.2. The van der Waals surface area contributed by atoms with Gasteiger partial charge in [-0.3, -0.25) is 9.69 Å². The Balaban J connectivity index is 1.29. The second kappa shape index (κ2) is 10.4. The van der Waals surface area contributed by atoms with E-state index >= 15 is 4.39 Å². The van der Waals surface area contributed by atoms with Crippen molar-refractivity contribution in [2.45, 2.75) is 75.9 Å². The molecule has 40 heavy (non-hydrogen) atoms. The number of carbonyl (C=O) groups is 1. The number of rotatable bonds is 8. The second-order valence-corrected chi connectivity index (χ2v) is 13.9. The van der Waals surface area contributed by atoms with Gasteiger partial charge in [-0.25, -0.2) is 22.5 Å². The van der Waals surface area contributed by atoms with Gasteiger partial charge in [0.05, 0.1) is 27.6 Å². The van der Waals surface area contributed by atoms with Gasteiger partial charge in [-0.1, -0.05) is 25.4 Å². The highest BCUT2D eigenvalue weighted by molar-refractivity contribution is 7.91. The van der Waals surface area contributed by atoms with Crippen LogP contribution in [0, 0.1) is 11.2 Å². The van der Waals surface area contributed by atoms with Gasteiger partial charge in [-0.2, -0.15) is 13.2 Å². The molecule has 2 heterocycles. The molecule has 3 aliphatic rings. The lowest BCUT2D eigenvalue weighted by Gasteiger charge is -2.44. The molecule has 1 atom stereocenters. The van der Waals surface area contributed by atoms with E-state index in [0.29, 0.717) is 38.9 Å². The summed E-state index contributed by atoms with van der Waals surface area (Å²) in [4.78, 5) is 18.7. The van der Waals surface area contributed by atoms with Crippen molar-refractivity contribution in [3.8, 4) is 5.88 Å². The molecular weight excluding hydrogens is 574 g/mol. The van der Waals surface area contributed by atoms with Crippen molar-refractivity contribution in [1.82, 2.24) is 14.6 Å². The molecule has 1 N–H and O–H groups in total. The summed E-state index contributed by atoms with van der Waals surface area (Å²) in [6, 6.07) is 3.60. The van der Waals surface area contributed by atoms with Crippen molar-refractivity contribution in [1.29, 1.82) is 0 Å². The second-order valence-electron chi connectivity index (χ2n) is 11.6. The minimum Gasteiger partial charge on any atom is -0.474 e. The first-order valence-corrected chi connectivity index (χ1v) is 15.1. The third-order valence-corrected chi connectivity index (χ3v) is 9.81. The molecule has 1 amide bonds. The molecule has 218 valence electrons. The molecule has 0 bridgehead atoms. The molecule has 13 heteroatoms. The van der Waals surface area contributed by atoms with Gasteiger partial charge >= 0.3 is 6.18 Å². The monoisotopic (exact) mass is 603 g/mol. The highest BCUT2D eigenvalue weighted by atomic mass is 35.5. The van der Waals surface area contributed by atoms with E-state index in [-0.39, 0.29) is 17.4 Å². The fourth-order valence-electron chi connectivity index (χ4n) is 5.25. The predicted molar refractivity (Wildman–Crippen MR) is 140 cm³/mol. The number of hydrogen-bond acceptors (Lipinski definition) is 6. The number of benzene rings is 1. The molecule has 1 aromatic heterocycles. The fourth-order valence-corrected chi connectivity index (χ4v) is 6.75. The molecule has 2 aliphatic carbocycles. The molecule has 3 fully saturated rings. The quantitative estimate of drug-likeness (QED) is 0.391. The summed E-state index contributed by atoms with van der Waals surface area (Å²) in [5, 5.41) is -1.10. The highest BCUT2D eigenvalue weighted by Gasteiger charge is 2.40. The number of pyridine rings is 1. The fraction of sp³-hybridized carbons (Fsp3) is 0.556. The first-order chi connectivity index (χ1) is 18.6. The van der Waals surface area contributed by atoms with E-state index < -0.39 is 55.3 Å². The lowest BCUT2D eigenvalue weighted by Crippen LogP contribution is -2.50. The maximum Gasteiger partial charge on any atom is 0.418 e. The number of aromatic nitrogens is 1. The van der Waals surface area contributed by atoms with Crippen LogP contribution in [0.1, 0.15) is 78.9 Å². The Labute approximate surface area is 235 Å². The van der Waals surface area contributed by atoms with E-state index in [1.165, 1.54) is 12.1 Å². The summed E-state index contributed by atoms with van der Waals surface area (Å²) in [5.74, 6) is -1.72. The van der Waals surface area contributed by atoms with Crippen LogP contribution in [0.25, 0.3) is 0 Å². The van der Waals surface area contributed by atoms with Crippen LogP contribution in [0.3, 0.4) is 0 Å². The molecule has 7 nitrogen and oxygen atoms in total. The van der Waals surface area contributed by atoms with Crippen LogP contribution < -0.4 is 9.46 Å². The number of carbonyl (C=O) groups excluding carboxylic acids is 1. The smallest absolute Gasteiger partial charge is 0.418 e. The zero-order chi connectivity index (χ0) is 29.0. The zero-order valence-corrected chi connectivity index (χ0v) is 23.6. The number of nitrogens with zero attached hydrogens (tertiary/aromatic N) is 2. The summed E-state index contributed by atoms with van der Waals surface area (Å²) >= 11 is 5.68. The molecule has 1 unspecified atom stereocenters. The van der Waals surface area contributed by atoms with Gasteiger partial charge in [0.1, 0.15) is 11.9 Å². The Hall–Kier alpha value is -2.44. The average molecular weight is 604 g/mol. The molecule has 2 aromatic rings. The normalized spacial score (nSPS) is 21.7. The van der Waals surface area contributed by atoms with Crippen LogP contribution in [-0.4, -0.2) is 48.7 Å². The van der Waals surface area contributed by atoms with Crippen LogP contribution in [0.2, 0.25) is 5.02 Å². The lowest BCUT2D eigenvalue weighted by molar-refractivity contribution is -0.137. The number of hydrogen-bond donors (Lipinski definition) is 1. The van der Waals surface area contributed by atoms with Crippen molar-refractivity contribution >= 4 is 27.5 Å². The third kappa shape index (κ3) is 6.38. The SMILES string of the molecule is CC1(C)CN(Cc2cc(F)c(C(=O)NS(=O)(=O)C3CC3)cc2C2CC2)CCC1Oc1cc(C(F)(F)F)c(Cl)cn1. The number of halogens is 5. The molecule has 0 radical (unpaired) electrons. The number of amides is 1. The van der Waals surface area contributed by atoms with Crippen LogP contribution in [0.5, 0.6) is 5.88 Å². The first kappa shape index (κ1) is 29.1. The number of alkyl halides is 3. The minimum absolute atomic E-state index is 0.154. The average Bonchev–Trinajstić information content (AvgIpc) is 3.73. The molecule has 1 saturated heterocycles. The summed E-state index contributed by atoms with van der Waals surface area (Å²) in [5.41, 5.74) is -0.211. The molecule has 5 rings (SSSR count). The van der Waals surface area contributed by atoms with E-state index in [2.05, 4.69) is 9.88 Å². The number of sulfonamides is 1. The van der Waals surface area contributed by atoms with Gasteiger partial charge in [0.25, 0.3) is 5.91 Å². The standard InChI is InChI=1S/C27H30ClF4N3O4S/c1-26(2)14-35(8-7-23(26)39-24-11-20(27(30,31)32)21(28)12-33-24)13-16-9-22(29)19(10-18(16)15-3-4-15)25(36)34-40(37,38)17-5-6-17/h9-12,15,17,23H,3-8,13-14H2,1-2H3,(H,34,36). The topological polar surface area (TPSA) is 88.6 Å². The number of likely N-dealkylation sites (tertiary alicyclic amines) is 1. The molecule has 1 aromatic carbocycles. The zero-order valence-electron chi connectivity index (χ0n) is 22.0. The van der Waals surface area contributed by atoms with Crippen LogP contribution >= 0.6 is 11.6 Å². The summed E-state index contributed by atoms with van der Waals surface area (Å²) in [6.45, 7) is 5.35. The van der Waals surface area contributed by atoms with Gasteiger partial charge in [0.2, 0.25) is 15.9 Å². The van der Waals surface area contributed by atoms with E-state index in [1.54, 1.807) is 0 Å². The van der Waals surface area contributed by atoms with E-state index in [0.717, 1.165) is 36.2 Å². The third-order valence-electron chi connectivity index (χ3n) is 7.69. The van der Waals surface area contributed by atoms with Crippen molar-refractivity contribution in [2.75, 3.05) is 13.1 Å². The Morgan fingerprint density at radius 2 is 1.88 bits per heavy atom. The predicted octanol–water partition coefficient (Wildman–Crippen LogP) is 5.67. The van der Waals surface area contributed by atoms with Crippen molar-refractivity contribution < 1.29 is 35.5 Å². The Morgan fingerprint density at radius 1 is 1.18 bits per heavy atom. The molecule has 1 aliphatic heterocycles. The Bertz CT molecular complexity index is 1430. The minimum atomic E-state index is -4.63. The highest BCUT2D eigenvalue weighted by Crippen LogP contribution is 2.44. The van der Waals surface area contributed by atoms with Crippen molar-refractivity contribution in [3.63, 3.8) is 0 Å². The maximum absolute atomic E-state index is 15.1. The Morgan fingerprint density at radius 3 is 2.48 bits per heavy atom. The van der Waals surface area contributed by atoms with Gasteiger partial charge in [0, 0.05) is 31.1 Å². The summed E-state index contributed by atoms with van der Waals surface area (Å²) in [6.07, 6.45) is -0.850. The maximum atomic E-state index is 15.1. The molecule has 0 spiro atoms. The summed E-state index contributed by atoms with van der Waals surface area (Å²) in [7, 11) is -3.81. The van der Waals surface area contributed by atoms with Gasteiger partial charge in [-0.05, 0) is 61.3 Å². The van der Waals surface area contributed by atoms with Crippen LogP contribution in [-0.2, 0) is 22.7 Å². The van der Waals surface area contributed by atoms with Crippen molar-refractivity contribution in [3.05, 3.63) is 57.5 Å². The number of ether oxygens (including phenoxy) is 1. The lowest BCUT2D eigenvalue weighted by atomic mass is 9.80. The van der Waals surface area contributed by atoms with Crippen molar-refractivity contribution in [2.24, 2.45) is 5.41 Å². The van der Waals surface area contributed by atoms with E-state index in [4.69, 9.17) is 16.3 Å². The molecular formula is C27H30ClF4N3O4S. The largest absolute Gasteiger partial charge is 0.474 e. The van der Waals surface area contributed by atoms with Gasteiger partial charge < -0.3 is 4.74 Å². The van der Waals surface area contributed by atoms with Gasteiger partial charge in [-0.15, -0.1) is 0 Å². The van der Waals surface area contributed by atoms with Gasteiger partial charge in [0.15, 0.2) is 0 Å². The number of nitrogens with one attached hydrogen (secondary N) is 1. The van der Waals surface area contributed by atoms with E-state index in [1.807, 2.05) is 18.6 Å².